The van der Waals surface area contributed by atoms with E-state index in [0.717, 1.165) is 6.42 Å². The van der Waals surface area contributed by atoms with Crippen LogP contribution in [-0.2, 0) is 4.74 Å². The minimum Gasteiger partial charge on any atom is -0.448 e. The summed E-state index contributed by atoms with van der Waals surface area (Å²) in [6, 6.07) is 16.6. The van der Waals surface area contributed by atoms with Crippen molar-refractivity contribution in [2.24, 2.45) is 0 Å². The zero-order valence-electron chi connectivity index (χ0n) is 13.7. The average molecular weight is 323 g/mol. The third-order valence-electron chi connectivity index (χ3n) is 5.24. The van der Waals surface area contributed by atoms with E-state index in [1.54, 1.807) is 4.90 Å². The van der Waals surface area contributed by atoms with Crippen LogP contribution in [0.4, 0.5) is 4.79 Å². The van der Waals surface area contributed by atoms with Gasteiger partial charge >= 0.3 is 6.09 Å². The number of fused-ring (bicyclic) bond motifs is 3. The van der Waals surface area contributed by atoms with Gasteiger partial charge < -0.3 is 14.7 Å². The number of benzene rings is 2. The maximum atomic E-state index is 12.4. The summed E-state index contributed by atoms with van der Waals surface area (Å²) in [5.74, 6) is 0.0745. The quantitative estimate of drug-likeness (QED) is 0.942. The molecular formula is C20H21NO3. The minimum absolute atomic E-state index is 0.00542. The Hall–Kier alpha value is -2.33. The molecule has 1 saturated heterocycles. The van der Waals surface area contributed by atoms with Gasteiger partial charge in [-0.15, -0.1) is 0 Å². The number of aliphatic hydroxyl groups excluding tert-OH is 1. The van der Waals surface area contributed by atoms with Crippen molar-refractivity contribution in [1.82, 2.24) is 4.90 Å². The molecule has 0 spiro atoms. The lowest BCUT2D eigenvalue weighted by atomic mass is 9.96. The van der Waals surface area contributed by atoms with Crippen molar-refractivity contribution in [2.75, 3.05) is 13.2 Å². The SMILES string of the molecule is CC1CC(CO)N1C(=O)OCC1c2ccccc2-c2ccccc21. The van der Waals surface area contributed by atoms with Crippen molar-refractivity contribution >= 4 is 6.09 Å². The first kappa shape index (κ1) is 15.2. The van der Waals surface area contributed by atoms with Crippen LogP contribution in [0.2, 0.25) is 0 Å². The van der Waals surface area contributed by atoms with Crippen molar-refractivity contribution in [3.05, 3.63) is 59.7 Å². The van der Waals surface area contributed by atoms with E-state index in [1.165, 1.54) is 22.3 Å². The van der Waals surface area contributed by atoms with E-state index < -0.39 is 0 Å². The lowest BCUT2D eigenvalue weighted by Crippen LogP contribution is -2.59. The van der Waals surface area contributed by atoms with Crippen molar-refractivity contribution in [3.63, 3.8) is 0 Å². The lowest BCUT2D eigenvalue weighted by molar-refractivity contribution is -0.0106. The Balaban J connectivity index is 1.54. The molecule has 0 bridgehead atoms. The number of hydrogen-bond donors (Lipinski definition) is 1. The van der Waals surface area contributed by atoms with Gasteiger partial charge in [0.25, 0.3) is 0 Å². The molecule has 2 aliphatic rings. The first-order valence-corrected chi connectivity index (χ1v) is 8.45. The summed E-state index contributed by atoms with van der Waals surface area (Å²) in [4.78, 5) is 14.0. The smallest absolute Gasteiger partial charge is 0.410 e. The Morgan fingerprint density at radius 3 is 2.25 bits per heavy atom. The molecule has 1 N–H and O–H groups in total. The maximum absolute atomic E-state index is 12.4. The number of aliphatic hydroxyl groups is 1. The van der Waals surface area contributed by atoms with Crippen LogP contribution in [0.5, 0.6) is 0 Å². The van der Waals surface area contributed by atoms with Crippen molar-refractivity contribution < 1.29 is 14.6 Å². The molecule has 2 unspecified atom stereocenters. The molecule has 1 heterocycles. The molecule has 1 aliphatic carbocycles. The third kappa shape index (κ3) is 2.29. The Morgan fingerprint density at radius 2 is 1.71 bits per heavy atom. The summed E-state index contributed by atoms with van der Waals surface area (Å²) < 4.78 is 5.62. The van der Waals surface area contributed by atoms with Crippen LogP contribution < -0.4 is 0 Å². The summed E-state index contributed by atoms with van der Waals surface area (Å²) in [5, 5.41) is 9.31. The van der Waals surface area contributed by atoms with Gasteiger partial charge in [-0.2, -0.15) is 0 Å². The largest absolute Gasteiger partial charge is 0.448 e. The molecule has 124 valence electrons. The summed E-state index contributed by atoms with van der Waals surface area (Å²) in [6.07, 6.45) is 0.510. The van der Waals surface area contributed by atoms with Crippen LogP contribution in [0, 0.1) is 0 Å². The molecule has 1 aliphatic heterocycles. The fraction of sp³-hybridized carbons (Fsp3) is 0.350. The van der Waals surface area contributed by atoms with E-state index in [4.69, 9.17) is 4.74 Å². The van der Waals surface area contributed by atoms with E-state index in [-0.39, 0.29) is 30.7 Å². The standard InChI is InChI=1S/C20H21NO3/c1-13-10-14(11-22)21(13)20(23)24-12-19-17-8-4-2-6-15(17)16-7-3-5-9-18(16)19/h2-9,13-14,19,22H,10-12H2,1H3. The van der Waals surface area contributed by atoms with Gasteiger partial charge in [0.15, 0.2) is 0 Å². The highest BCUT2D eigenvalue weighted by Gasteiger charge is 2.40. The second kappa shape index (κ2) is 5.95. The first-order valence-electron chi connectivity index (χ1n) is 8.45. The van der Waals surface area contributed by atoms with Gasteiger partial charge in [0.2, 0.25) is 0 Å². The van der Waals surface area contributed by atoms with E-state index in [9.17, 15) is 9.90 Å². The highest BCUT2D eigenvalue weighted by molar-refractivity contribution is 5.79. The summed E-state index contributed by atoms with van der Waals surface area (Å²) in [6.45, 7) is 2.30. The number of nitrogens with zero attached hydrogens (tertiary/aromatic N) is 1. The van der Waals surface area contributed by atoms with Gasteiger partial charge in [-0.1, -0.05) is 48.5 Å². The zero-order valence-corrected chi connectivity index (χ0v) is 13.7. The zero-order chi connectivity index (χ0) is 16.7. The van der Waals surface area contributed by atoms with Crippen LogP contribution >= 0.6 is 0 Å². The van der Waals surface area contributed by atoms with Crippen molar-refractivity contribution in [1.29, 1.82) is 0 Å². The fourth-order valence-electron chi connectivity index (χ4n) is 4.00. The normalized spacial score (nSPS) is 21.8. The number of likely N-dealkylation sites (tertiary alicyclic amines) is 1. The molecule has 1 amide bonds. The third-order valence-corrected chi connectivity index (χ3v) is 5.24. The molecule has 2 aromatic carbocycles. The van der Waals surface area contributed by atoms with Gasteiger partial charge in [0, 0.05) is 12.0 Å². The van der Waals surface area contributed by atoms with E-state index in [1.807, 2.05) is 31.2 Å². The second-order valence-corrected chi connectivity index (χ2v) is 6.63. The van der Waals surface area contributed by atoms with Gasteiger partial charge in [-0.3, -0.25) is 0 Å². The molecule has 0 saturated carbocycles. The van der Waals surface area contributed by atoms with Crippen molar-refractivity contribution in [2.45, 2.75) is 31.3 Å². The highest BCUT2D eigenvalue weighted by atomic mass is 16.6. The van der Waals surface area contributed by atoms with Gasteiger partial charge in [0.05, 0.1) is 12.6 Å². The summed E-state index contributed by atoms with van der Waals surface area (Å²) >= 11 is 0. The Kier molecular flexibility index (Phi) is 3.77. The summed E-state index contributed by atoms with van der Waals surface area (Å²) in [7, 11) is 0. The highest BCUT2D eigenvalue weighted by Crippen LogP contribution is 2.44. The van der Waals surface area contributed by atoms with Crippen LogP contribution in [0.25, 0.3) is 11.1 Å². The lowest BCUT2D eigenvalue weighted by Gasteiger charge is -2.45. The Morgan fingerprint density at radius 1 is 1.12 bits per heavy atom. The molecule has 0 radical (unpaired) electrons. The van der Waals surface area contributed by atoms with E-state index in [0.29, 0.717) is 6.61 Å². The van der Waals surface area contributed by atoms with Gasteiger partial charge in [-0.25, -0.2) is 4.79 Å². The summed E-state index contributed by atoms with van der Waals surface area (Å²) in [5.41, 5.74) is 4.86. The van der Waals surface area contributed by atoms with Crippen LogP contribution in [0.15, 0.2) is 48.5 Å². The second-order valence-electron chi connectivity index (χ2n) is 6.63. The number of rotatable bonds is 3. The van der Waals surface area contributed by atoms with E-state index in [2.05, 4.69) is 24.3 Å². The predicted octanol–water partition coefficient (Wildman–Crippen LogP) is 3.39. The van der Waals surface area contributed by atoms with Crippen LogP contribution in [-0.4, -0.2) is 41.4 Å². The topological polar surface area (TPSA) is 49.8 Å². The number of carbonyl (C=O) groups is 1. The number of ether oxygens (including phenoxy) is 1. The van der Waals surface area contributed by atoms with Gasteiger partial charge in [0.1, 0.15) is 6.61 Å². The molecule has 24 heavy (non-hydrogen) atoms. The number of amides is 1. The Bertz CT molecular complexity index is 727. The molecular weight excluding hydrogens is 302 g/mol. The number of carbonyl (C=O) groups excluding carboxylic acids is 1. The maximum Gasteiger partial charge on any atom is 0.410 e. The van der Waals surface area contributed by atoms with Crippen molar-refractivity contribution in [3.8, 4) is 11.1 Å². The molecule has 2 aromatic rings. The molecule has 0 aromatic heterocycles. The van der Waals surface area contributed by atoms with Crippen LogP contribution in [0.1, 0.15) is 30.4 Å². The van der Waals surface area contributed by atoms with Crippen LogP contribution in [0.3, 0.4) is 0 Å². The van der Waals surface area contributed by atoms with Gasteiger partial charge in [-0.05, 0) is 35.6 Å². The average Bonchev–Trinajstić information content (AvgIpc) is 2.91. The minimum atomic E-state index is -0.324. The first-order chi connectivity index (χ1) is 11.7. The Labute approximate surface area is 141 Å². The molecule has 4 nitrogen and oxygen atoms in total. The van der Waals surface area contributed by atoms with E-state index >= 15 is 0 Å². The molecule has 1 fully saturated rings. The fourth-order valence-corrected chi connectivity index (χ4v) is 4.00. The monoisotopic (exact) mass is 323 g/mol. The number of hydrogen-bond acceptors (Lipinski definition) is 3. The predicted molar refractivity (Wildman–Crippen MR) is 91.9 cm³/mol. The molecule has 4 heteroatoms. The molecule has 2 atom stereocenters. The molecule has 4 rings (SSSR count).